The average Bonchev–Trinajstić information content (AvgIpc) is 2.75. The molecule has 1 heterocycles. The highest BCUT2D eigenvalue weighted by Gasteiger charge is 2.14. The molecular formula is C23H25ClN2O4. The lowest BCUT2D eigenvalue weighted by molar-refractivity contribution is -0.116. The molecule has 0 unspecified atom stereocenters. The maximum Gasteiger partial charge on any atom is 0.338 e. The summed E-state index contributed by atoms with van der Waals surface area (Å²) < 4.78 is 10.7. The highest BCUT2D eigenvalue weighted by Crippen LogP contribution is 2.34. The third-order valence-electron chi connectivity index (χ3n) is 4.87. The van der Waals surface area contributed by atoms with E-state index in [1.165, 1.54) is 6.07 Å². The number of amides is 1. The molecule has 3 aromatic rings. The van der Waals surface area contributed by atoms with E-state index in [2.05, 4.69) is 5.32 Å². The molecule has 0 bridgehead atoms. The summed E-state index contributed by atoms with van der Waals surface area (Å²) in [5.41, 5.74) is 2.19. The first-order chi connectivity index (χ1) is 14.5. The van der Waals surface area contributed by atoms with Crippen LogP contribution in [0.15, 0.2) is 57.7 Å². The number of nitrogens with zero attached hydrogens (tertiary/aromatic N) is 1. The smallest absolute Gasteiger partial charge is 0.338 e. The van der Waals surface area contributed by atoms with E-state index in [4.69, 9.17) is 20.8 Å². The number of para-hydroxylation sites is 1. The minimum absolute atomic E-state index is 0.0755. The fraction of sp³-hybridized carbons (Fsp3) is 0.304. The molecule has 1 aromatic heterocycles. The molecule has 30 heavy (non-hydrogen) atoms. The summed E-state index contributed by atoms with van der Waals surface area (Å²) in [5.74, 6) is 1.10. The van der Waals surface area contributed by atoms with E-state index in [0.717, 1.165) is 30.3 Å². The second-order valence-corrected chi connectivity index (χ2v) is 7.32. The minimum Gasteiger partial charge on any atom is -0.495 e. The van der Waals surface area contributed by atoms with Gasteiger partial charge in [0.2, 0.25) is 5.91 Å². The van der Waals surface area contributed by atoms with Gasteiger partial charge in [0.15, 0.2) is 0 Å². The van der Waals surface area contributed by atoms with Crippen LogP contribution in [0.5, 0.6) is 5.75 Å². The third kappa shape index (κ3) is 5.13. The Kier molecular flexibility index (Phi) is 7.36. The number of hydrogen-bond acceptors (Lipinski definition) is 5. The van der Waals surface area contributed by atoms with Gasteiger partial charge < -0.3 is 19.4 Å². The van der Waals surface area contributed by atoms with Crippen LogP contribution in [-0.4, -0.2) is 25.9 Å². The normalized spacial score (nSPS) is 10.8. The molecule has 7 heteroatoms. The van der Waals surface area contributed by atoms with Gasteiger partial charge >= 0.3 is 5.63 Å². The van der Waals surface area contributed by atoms with Crippen molar-refractivity contribution in [1.82, 2.24) is 0 Å². The molecule has 0 saturated carbocycles. The fourth-order valence-electron chi connectivity index (χ4n) is 3.28. The Bertz CT molecular complexity index is 1080. The highest BCUT2D eigenvalue weighted by molar-refractivity contribution is 6.17. The van der Waals surface area contributed by atoms with Crippen molar-refractivity contribution >= 4 is 45.5 Å². The van der Waals surface area contributed by atoms with E-state index in [1.54, 1.807) is 19.2 Å². The van der Waals surface area contributed by atoms with Gasteiger partial charge in [0.25, 0.3) is 0 Å². The molecule has 3 rings (SSSR count). The lowest BCUT2D eigenvalue weighted by Crippen LogP contribution is -2.15. The van der Waals surface area contributed by atoms with Crippen LogP contribution < -0.4 is 20.6 Å². The SMILES string of the molecule is COc1ccc(N(C)c2cc(=O)oc3ccccc23)cc1NC(=O)CCCCCCl. The standard InChI is InChI=1S/C23H25ClN2O4/c1-26(19-15-23(28)30-20-9-6-5-8-17(19)20)16-11-12-21(29-2)18(14-16)25-22(27)10-4-3-7-13-24/h5-6,8-9,11-12,14-15H,3-4,7,10,13H2,1-2H3,(H,25,27). The largest absolute Gasteiger partial charge is 0.495 e. The zero-order valence-electron chi connectivity index (χ0n) is 17.1. The van der Waals surface area contributed by atoms with E-state index in [0.29, 0.717) is 35.0 Å². The number of nitrogens with one attached hydrogen (secondary N) is 1. The molecule has 0 aliphatic carbocycles. The lowest BCUT2D eigenvalue weighted by Gasteiger charge is -2.22. The van der Waals surface area contributed by atoms with Gasteiger partial charge in [-0.1, -0.05) is 18.6 Å². The molecule has 1 amide bonds. The Morgan fingerprint density at radius 2 is 1.93 bits per heavy atom. The number of unbranched alkanes of at least 4 members (excludes halogenated alkanes) is 2. The van der Waals surface area contributed by atoms with Crippen molar-refractivity contribution in [3.8, 4) is 5.75 Å². The van der Waals surface area contributed by atoms with Crippen molar-refractivity contribution in [1.29, 1.82) is 0 Å². The van der Waals surface area contributed by atoms with Gasteiger partial charge in [-0.05, 0) is 43.2 Å². The molecule has 1 N–H and O–H groups in total. The number of anilines is 3. The van der Waals surface area contributed by atoms with Gasteiger partial charge in [-0.2, -0.15) is 0 Å². The van der Waals surface area contributed by atoms with Crippen LogP contribution in [0.1, 0.15) is 25.7 Å². The average molecular weight is 429 g/mol. The number of fused-ring (bicyclic) bond motifs is 1. The Labute approximate surface area is 180 Å². The number of ether oxygens (including phenoxy) is 1. The van der Waals surface area contributed by atoms with Crippen LogP contribution in [0, 0.1) is 0 Å². The highest BCUT2D eigenvalue weighted by atomic mass is 35.5. The second-order valence-electron chi connectivity index (χ2n) is 6.94. The van der Waals surface area contributed by atoms with Gasteiger partial charge in [-0.15, -0.1) is 11.6 Å². The van der Waals surface area contributed by atoms with Crippen LogP contribution >= 0.6 is 11.6 Å². The first-order valence-electron chi connectivity index (χ1n) is 9.84. The second kappa shape index (κ2) is 10.2. The third-order valence-corrected chi connectivity index (χ3v) is 5.14. The number of carbonyl (C=O) groups excluding carboxylic acids is 1. The van der Waals surface area contributed by atoms with Crippen molar-refractivity contribution in [3.05, 3.63) is 59.0 Å². The Hall–Kier alpha value is -2.99. The first-order valence-corrected chi connectivity index (χ1v) is 10.4. The Morgan fingerprint density at radius 1 is 1.13 bits per heavy atom. The number of methoxy groups -OCH3 is 1. The summed E-state index contributed by atoms with van der Waals surface area (Å²) in [7, 11) is 3.42. The molecule has 0 fully saturated rings. The van der Waals surface area contributed by atoms with Crippen molar-refractivity contribution in [2.75, 3.05) is 30.3 Å². The van der Waals surface area contributed by atoms with Crippen molar-refractivity contribution in [2.45, 2.75) is 25.7 Å². The quantitative estimate of drug-likeness (QED) is 0.284. The first kappa shape index (κ1) is 21.7. The molecule has 2 aromatic carbocycles. The topological polar surface area (TPSA) is 71.8 Å². The minimum atomic E-state index is -0.422. The van der Waals surface area contributed by atoms with Crippen LogP contribution in [0.4, 0.5) is 17.1 Å². The zero-order valence-corrected chi connectivity index (χ0v) is 17.9. The van der Waals surface area contributed by atoms with Gasteiger partial charge in [0, 0.05) is 36.5 Å². The van der Waals surface area contributed by atoms with Gasteiger partial charge in [0.1, 0.15) is 11.3 Å². The summed E-state index contributed by atoms with van der Waals surface area (Å²) >= 11 is 5.68. The van der Waals surface area contributed by atoms with Crippen LogP contribution in [0.2, 0.25) is 0 Å². The maximum atomic E-state index is 12.3. The van der Waals surface area contributed by atoms with Crippen LogP contribution in [-0.2, 0) is 4.79 Å². The number of carbonyl (C=O) groups is 1. The van der Waals surface area contributed by atoms with Crippen molar-refractivity contribution in [2.24, 2.45) is 0 Å². The lowest BCUT2D eigenvalue weighted by atomic mass is 10.1. The summed E-state index contributed by atoms with van der Waals surface area (Å²) in [6.45, 7) is 0. The van der Waals surface area contributed by atoms with E-state index < -0.39 is 5.63 Å². The predicted molar refractivity (Wildman–Crippen MR) is 121 cm³/mol. The zero-order chi connectivity index (χ0) is 21.5. The van der Waals surface area contributed by atoms with E-state index in [1.807, 2.05) is 42.3 Å². The summed E-state index contributed by atoms with van der Waals surface area (Å²) in [6, 6.07) is 14.3. The van der Waals surface area contributed by atoms with Gasteiger partial charge in [-0.25, -0.2) is 4.79 Å². The summed E-state index contributed by atoms with van der Waals surface area (Å²) in [4.78, 5) is 26.3. The van der Waals surface area contributed by atoms with Gasteiger partial charge in [0.05, 0.1) is 18.5 Å². The maximum absolute atomic E-state index is 12.3. The van der Waals surface area contributed by atoms with Crippen LogP contribution in [0.3, 0.4) is 0 Å². The predicted octanol–water partition coefficient (Wildman–Crippen LogP) is 5.31. The number of rotatable bonds is 9. The molecule has 0 aliphatic heterocycles. The molecule has 0 spiro atoms. The summed E-state index contributed by atoms with van der Waals surface area (Å²) in [6.07, 6.45) is 3.02. The molecule has 0 radical (unpaired) electrons. The molecular weight excluding hydrogens is 404 g/mol. The van der Waals surface area contributed by atoms with Crippen LogP contribution in [0.25, 0.3) is 11.0 Å². The molecule has 0 aliphatic rings. The van der Waals surface area contributed by atoms with Gasteiger partial charge in [-0.3, -0.25) is 4.79 Å². The molecule has 158 valence electrons. The van der Waals surface area contributed by atoms with Crippen molar-refractivity contribution < 1.29 is 13.9 Å². The van der Waals surface area contributed by atoms with E-state index >= 15 is 0 Å². The van der Waals surface area contributed by atoms with E-state index in [-0.39, 0.29) is 5.91 Å². The number of hydrogen-bond donors (Lipinski definition) is 1. The fourth-order valence-corrected chi connectivity index (χ4v) is 3.47. The number of halogens is 1. The van der Waals surface area contributed by atoms with E-state index in [9.17, 15) is 9.59 Å². The Morgan fingerprint density at radius 3 is 2.70 bits per heavy atom. The number of benzene rings is 2. The summed E-state index contributed by atoms with van der Waals surface area (Å²) in [5, 5.41) is 3.75. The Balaban J connectivity index is 1.87. The molecule has 0 atom stereocenters. The van der Waals surface area contributed by atoms with Crippen molar-refractivity contribution in [3.63, 3.8) is 0 Å². The molecule has 6 nitrogen and oxygen atoms in total. The number of alkyl halides is 1. The monoisotopic (exact) mass is 428 g/mol. The molecule has 0 saturated heterocycles.